The van der Waals surface area contributed by atoms with Crippen LogP contribution in [0, 0.1) is 22.7 Å². The third kappa shape index (κ3) is 2.88. The molecule has 0 bridgehead atoms. The van der Waals surface area contributed by atoms with E-state index in [9.17, 15) is 14.0 Å². The number of ketones is 1. The van der Waals surface area contributed by atoms with Crippen LogP contribution in [0.25, 0.3) is 0 Å². The van der Waals surface area contributed by atoms with Gasteiger partial charge in [0.2, 0.25) is 0 Å². The first-order chi connectivity index (χ1) is 13.7. The van der Waals surface area contributed by atoms with E-state index < -0.39 is 29.8 Å². The summed E-state index contributed by atoms with van der Waals surface area (Å²) in [6.45, 7) is 4.87. The molecular weight excluding hydrogens is 394 g/mol. The number of esters is 1. The van der Waals surface area contributed by atoms with Crippen molar-refractivity contribution >= 4 is 23.5 Å². The van der Waals surface area contributed by atoms with Crippen molar-refractivity contribution in [3.63, 3.8) is 0 Å². The number of rotatable bonds is 4. The largest absolute Gasteiger partial charge is 0.459 e. The Balaban J connectivity index is 1.79. The fourth-order valence-corrected chi connectivity index (χ4v) is 7.48. The predicted molar refractivity (Wildman–Crippen MR) is 110 cm³/mol. The third-order valence-corrected chi connectivity index (χ3v) is 9.07. The van der Waals surface area contributed by atoms with Crippen LogP contribution in [0.4, 0.5) is 8.78 Å². The Bertz CT molecular complexity index is 834. The molecule has 0 aromatic heterocycles. The van der Waals surface area contributed by atoms with Crippen LogP contribution in [0.2, 0.25) is 0 Å². The average Bonchev–Trinajstić information content (AvgIpc) is 2.97. The van der Waals surface area contributed by atoms with E-state index in [-0.39, 0.29) is 23.0 Å². The zero-order chi connectivity index (χ0) is 21.0. The van der Waals surface area contributed by atoms with E-state index in [1.165, 1.54) is 24.8 Å². The molecule has 158 valence electrons. The smallest absolute Gasteiger partial charge is 0.303 e. The van der Waals surface area contributed by atoms with Gasteiger partial charge in [0.05, 0.1) is 6.67 Å². The summed E-state index contributed by atoms with van der Waals surface area (Å²) in [5.74, 6) is -0.455. The van der Waals surface area contributed by atoms with Crippen molar-refractivity contribution in [3.05, 3.63) is 34.8 Å². The second-order valence-electron chi connectivity index (χ2n) is 9.19. The van der Waals surface area contributed by atoms with E-state index in [4.69, 9.17) is 4.74 Å². The number of ether oxygens (including phenoxy) is 1. The molecule has 0 saturated heterocycles. The van der Waals surface area contributed by atoms with Gasteiger partial charge in [-0.05, 0) is 55.6 Å². The van der Waals surface area contributed by atoms with Gasteiger partial charge in [-0.15, -0.1) is 11.8 Å². The molecule has 6 atom stereocenters. The van der Waals surface area contributed by atoms with Crippen molar-refractivity contribution in [3.8, 4) is 0 Å². The molecule has 0 aromatic carbocycles. The highest BCUT2D eigenvalue weighted by molar-refractivity contribution is 8.03. The maximum atomic E-state index is 17.3. The van der Waals surface area contributed by atoms with Gasteiger partial charge in [-0.3, -0.25) is 14.0 Å². The minimum atomic E-state index is -1.78. The number of hydrogen-bond donors (Lipinski definition) is 0. The van der Waals surface area contributed by atoms with Crippen LogP contribution < -0.4 is 0 Å². The Morgan fingerprint density at radius 3 is 2.79 bits per heavy atom. The summed E-state index contributed by atoms with van der Waals surface area (Å²) in [5.41, 5.74) is -2.29. The molecule has 29 heavy (non-hydrogen) atoms. The minimum Gasteiger partial charge on any atom is -0.459 e. The molecule has 2 saturated carbocycles. The molecule has 0 aliphatic heterocycles. The maximum absolute atomic E-state index is 17.3. The van der Waals surface area contributed by atoms with Crippen LogP contribution in [0.3, 0.4) is 0 Å². The van der Waals surface area contributed by atoms with Crippen LogP contribution in [0.15, 0.2) is 34.8 Å². The summed E-state index contributed by atoms with van der Waals surface area (Å²) in [6.07, 6.45) is 8.33. The lowest BCUT2D eigenvalue weighted by Gasteiger charge is -2.62. The molecule has 0 unspecified atom stereocenters. The summed E-state index contributed by atoms with van der Waals surface area (Å²) in [6, 6.07) is 0. The van der Waals surface area contributed by atoms with Crippen molar-refractivity contribution in [2.24, 2.45) is 22.7 Å². The lowest BCUT2D eigenvalue weighted by atomic mass is 9.46. The second kappa shape index (κ2) is 7.07. The number of halogens is 2. The Morgan fingerprint density at radius 1 is 1.34 bits per heavy atom. The van der Waals surface area contributed by atoms with Crippen LogP contribution in [-0.4, -0.2) is 36.0 Å². The topological polar surface area (TPSA) is 43.4 Å². The Morgan fingerprint density at radius 2 is 2.10 bits per heavy atom. The summed E-state index contributed by atoms with van der Waals surface area (Å²) in [4.78, 5) is 25.0. The standard InChI is InChI=1S/C23H28F2O3S/c1-14(26)28-19-13-21(2)17(6-7-20(21)29-11-10-24)18-5-4-15-12-16(27)8-9-22(15,3)23(18,19)25/h7-9,12,17-19H,4-6,10-11,13H2,1-3H3/t17-,18-,19-,21-,22-,23-/m0/s1. The van der Waals surface area contributed by atoms with Crippen LogP contribution in [-0.2, 0) is 14.3 Å². The highest BCUT2D eigenvalue weighted by Crippen LogP contribution is 2.69. The van der Waals surface area contributed by atoms with Crippen LogP contribution >= 0.6 is 11.8 Å². The van der Waals surface area contributed by atoms with E-state index in [2.05, 4.69) is 13.0 Å². The Kier molecular flexibility index (Phi) is 5.08. The van der Waals surface area contributed by atoms with E-state index in [0.29, 0.717) is 25.0 Å². The molecule has 0 spiro atoms. The summed E-state index contributed by atoms with van der Waals surface area (Å²) < 4.78 is 35.8. The van der Waals surface area contributed by atoms with Gasteiger partial charge in [0, 0.05) is 29.4 Å². The maximum Gasteiger partial charge on any atom is 0.303 e. The number of hydrogen-bond acceptors (Lipinski definition) is 4. The first kappa shape index (κ1) is 20.8. The third-order valence-electron chi connectivity index (χ3n) is 7.77. The fourth-order valence-electron chi connectivity index (χ4n) is 6.41. The number of carbonyl (C=O) groups is 2. The van der Waals surface area contributed by atoms with Crippen molar-refractivity contribution in [2.75, 3.05) is 12.4 Å². The Labute approximate surface area is 175 Å². The van der Waals surface area contributed by atoms with Gasteiger partial charge in [0.25, 0.3) is 0 Å². The molecule has 4 aliphatic rings. The van der Waals surface area contributed by atoms with Gasteiger partial charge in [0.1, 0.15) is 6.10 Å². The first-order valence-corrected chi connectivity index (χ1v) is 11.3. The molecule has 4 aliphatic carbocycles. The molecule has 0 N–H and O–H groups in total. The molecule has 0 aromatic rings. The molecular formula is C23H28F2O3S. The quantitative estimate of drug-likeness (QED) is 0.590. The molecule has 0 heterocycles. The summed E-state index contributed by atoms with van der Waals surface area (Å²) in [5, 5.41) is 0. The molecule has 0 amide bonds. The zero-order valence-electron chi connectivity index (χ0n) is 17.2. The fraction of sp³-hybridized carbons (Fsp3) is 0.652. The summed E-state index contributed by atoms with van der Waals surface area (Å²) >= 11 is 1.50. The number of fused-ring (bicyclic) bond motifs is 5. The Hall–Kier alpha value is -1.43. The van der Waals surface area contributed by atoms with E-state index in [1.54, 1.807) is 12.2 Å². The SMILES string of the molecule is CC(=O)O[C@H]1C[C@]2(C)C(SCCF)=CC[C@H]2[C@@H]2CCC3=CC(=O)C=C[C@]3(C)[C@@]12F. The lowest BCUT2D eigenvalue weighted by Crippen LogP contribution is -2.67. The van der Waals surface area contributed by atoms with Gasteiger partial charge in [0.15, 0.2) is 11.5 Å². The van der Waals surface area contributed by atoms with Gasteiger partial charge >= 0.3 is 5.97 Å². The van der Waals surface area contributed by atoms with Crippen molar-refractivity contribution in [1.29, 1.82) is 0 Å². The van der Waals surface area contributed by atoms with Gasteiger partial charge in [-0.25, -0.2) is 4.39 Å². The van der Waals surface area contributed by atoms with Gasteiger partial charge in [-0.2, -0.15) is 0 Å². The van der Waals surface area contributed by atoms with E-state index in [1.807, 2.05) is 6.92 Å². The van der Waals surface area contributed by atoms with Gasteiger partial charge < -0.3 is 4.74 Å². The van der Waals surface area contributed by atoms with E-state index >= 15 is 4.39 Å². The number of allylic oxidation sites excluding steroid dienone is 6. The molecule has 2 fully saturated rings. The monoisotopic (exact) mass is 422 g/mol. The summed E-state index contributed by atoms with van der Waals surface area (Å²) in [7, 11) is 0. The normalized spacial score (nSPS) is 43.1. The minimum absolute atomic E-state index is 0.0748. The first-order valence-electron chi connectivity index (χ1n) is 10.4. The van der Waals surface area contributed by atoms with Crippen molar-refractivity contribution in [2.45, 2.75) is 58.2 Å². The average molecular weight is 423 g/mol. The molecule has 4 rings (SSSR count). The van der Waals surface area contributed by atoms with Crippen molar-refractivity contribution in [1.82, 2.24) is 0 Å². The van der Waals surface area contributed by atoms with E-state index in [0.717, 1.165) is 16.9 Å². The molecule has 3 nitrogen and oxygen atoms in total. The molecule has 6 heteroatoms. The van der Waals surface area contributed by atoms with Gasteiger partial charge in [-0.1, -0.05) is 24.6 Å². The van der Waals surface area contributed by atoms with Crippen LogP contribution in [0.1, 0.15) is 46.5 Å². The van der Waals surface area contributed by atoms with Crippen LogP contribution in [0.5, 0.6) is 0 Å². The number of carbonyl (C=O) groups excluding carboxylic acids is 2. The van der Waals surface area contributed by atoms with Crippen molar-refractivity contribution < 1.29 is 23.1 Å². The number of thioether (sulfide) groups is 1. The second-order valence-corrected chi connectivity index (χ2v) is 10.3. The highest BCUT2D eigenvalue weighted by Gasteiger charge is 2.70. The highest BCUT2D eigenvalue weighted by atomic mass is 32.2. The molecule has 0 radical (unpaired) electrons. The predicted octanol–water partition coefficient (Wildman–Crippen LogP) is 5.12. The number of alkyl halides is 2. The zero-order valence-corrected chi connectivity index (χ0v) is 18.0. The lowest BCUT2D eigenvalue weighted by molar-refractivity contribution is -0.205.